The van der Waals surface area contributed by atoms with E-state index in [-0.39, 0.29) is 5.91 Å². The molecular weight excluding hydrogens is 262 g/mol. The number of anilines is 2. The van der Waals surface area contributed by atoms with Crippen LogP contribution in [0.1, 0.15) is 34.5 Å². The Labute approximate surface area is 124 Å². The average Bonchev–Trinajstić information content (AvgIpc) is 2.55. The summed E-state index contributed by atoms with van der Waals surface area (Å²) in [6.07, 6.45) is 4.56. The fraction of sp³-hybridized carbons (Fsp3) is 0.294. The fourth-order valence-corrected chi connectivity index (χ4v) is 2.79. The van der Waals surface area contributed by atoms with Crippen LogP contribution in [0.15, 0.2) is 36.4 Å². The standard InChI is InChI=1S/C17H19N3O/c1-18-16-11-5-10-15(19-16)17(21)20-14-9-4-7-12-6-2-3-8-13(12)14/h4-5,7,9-11H,2-3,6,8H2,1H3,(H,18,19)(H,20,21). The van der Waals surface area contributed by atoms with Crippen molar-refractivity contribution in [3.05, 3.63) is 53.2 Å². The molecule has 2 N–H and O–H groups in total. The smallest absolute Gasteiger partial charge is 0.274 e. The summed E-state index contributed by atoms with van der Waals surface area (Å²) in [6.45, 7) is 0. The van der Waals surface area contributed by atoms with Crippen LogP contribution >= 0.6 is 0 Å². The first-order valence-electron chi connectivity index (χ1n) is 7.35. The van der Waals surface area contributed by atoms with Gasteiger partial charge in [0.2, 0.25) is 0 Å². The Morgan fingerprint density at radius 3 is 2.76 bits per heavy atom. The van der Waals surface area contributed by atoms with Crippen molar-refractivity contribution in [3.63, 3.8) is 0 Å². The van der Waals surface area contributed by atoms with Crippen molar-refractivity contribution in [3.8, 4) is 0 Å². The summed E-state index contributed by atoms with van der Waals surface area (Å²) < 4.78 is 0. The van der Waals surface area contributed by atoms with E-state index in [1.54, 1.807) is 13.1 Å². The van der Waals surface area contributed by atoms with Crippen LogP contribution in [0.2, 0.25) is 0 Å². The summed E-state index contributed by atoms with van der Waals surface area (Å²) in [5.41, 5.74) is 3.99. The van der Waals surface area contributed by atoms with E-state index < -0.39 is 0 Å². The molecule has 2 aromatic rings. The van der Waals surface area contributed by atoms with Crippen molar-refractivity contribution in [2.45, 2.75) is 25.7 Å². The molecule has 0 fully saturated rings. The molecule has 0 unspecified atom stereocenters. The maximum atomic E-state index is 12.4. The number of benzene rings is 1. The molecule has 0 atom stereocenters. The number of hydrogen-bond acceptors (Lipinski definition) is 3. The number of fused-ring (bicyclic) bond motifs is 1. The maximum Gasteiger partial charge on any atom is 0.274 e. The molecular formula is C17H19N3O. The van der Waals surface area contributed by atoms with Crippen LogP contribution in [0.4, 0.5) is 11.5 Å². The zero-order valence-corrected chi connectivity index (χ0v) is 12.1. The van der Waals surface area contributed by atoms with Crippen LogP contribution in [0.25, 0.3) is 0 Å². The fourth-order valence-electron chi connectivity index (χ4n) is 2.79. The van der Waals surface area contributed by atoms with Crippen LogP contribution in [0, 0.1) is 0 Å². The monoisotopic (exact) mass is 281 g/mol. The van der Waals surface area contributed by atoms with Gasteiger partial charge in [0.05, 0.1) is 0 Å². The largest absolute Gasteiger partial charge is 0.373 e. The van der Waals surface area contributed by atoms with Crippen LogP contribution in [0.5, 0.6) is 0 Å². The molecule has 4 nitrogen and oxygen atoms in total. The first-order chi connectivity index (χ1) is 10.3. The molecule has 1 heterocycles. The summed E-state index contributed by atoms with van der Waals surface area (Å²) in [5, 5.41) is 5.95. The molecule has 0 saturated carbocycles. The molecule has 3 rings (SSSR count). The Hall–Kier alpha value is -2.36. The van der Waals surface area contributed by atoms with E-state index in [0.717, 1.165) is 18.5 Å². The van der Waals surface area contributed by atoms with E-state index in [4.69, 9.17) is 0 Å². The summed E-state index contributed by atoms with van der Waals surface area (Å²) >= 11 is 0. The predicted molar refractivity (Wildman–Crippen MR) is 84.8 cm³/mol. The molecule has 0 radical (unpaired) electrons. The van der Waals surface area contributed by atoms with Gasteiger partial charge in [-0.25, -0.2) is 4.98 Å². The molecule has 1 aromatic carbocycles. The minimum absolute atomic E-state index is 0.161. The van der Waals surface area contributed by atoms with Crippen molar-refractivity contribution < 1.29 is 4.79 Å². The number of carbonyl (C=O) groups excluding carboxylic acids is 1. The predicted octanol–water partition coefficient (Wildman–Crippen LogP) is 3.25. The number of pyridine rings is 1. The highest BCUT2D eigenvalue weighted by Gasteiger charge is 2.15. The van der Waals surface area contributed by atoms with E-state index in [9.17, 15) is 4.79 Å². The van der Waals surface area contributed by atoms with Gasteiger partial charge in [-0.3, -0.25) is 4.79 Å². The number of nitrogens with zero attached hydrogens (tertiary/aromatic N) is 1. The Morgan fingerprint density at radius 1 is 1.10 bits per heavy atom. The second-order valence-electron chi connectivity index (χ2n) is 5.26. The van der Waals surface area contributed by atoms with Gasteiger partial charge in [-0.05, 0) is 55.0 Å². The molecule has 0 spiro atoms. The number of aryl methyl sites for hydroxylation is 1. The van der Waals surface area contributed by atoms with Crippen molar-refractivity contribution in [1.82, 2.24) is 4.98 Å². The molecule has 4 heteroatoms. The first kappa shape index (κ1) is 13.6. The van der Waals surface area contributed by atoms with Gasteiger partial charge in [-0.1, -0.05) is 18.2 Å². The van der Waals surface area contributed by atoms with Gasteiger partial charge in [-0.15, -0.1) is 0 Å². The van der Waals surface area contributed by atoms with E-state index in [1.165, 1.54) is 24.0 Å². The first-order valence-corrected chi connectivity index (χ1v) is 7.35. The van der Waals surface area contributed by atoms with Crippen LogP contribution in [-0.2, 0) is 12.8 Å². The Kier molecular flexibility index (Phi) is 3.86. The van der Waals surface area contributed by atoms with Crippen molar-refractivity contribution >= 4 is 17.4 Å². The lowest BCUT2D eigenvalue weighted by Crippen LogP contribution is -2.17. The number of rotatable bonds is 3. The molecule has 0 saturated heterocycles. The second kappa shape index (κ2) is 5.95. The number of amides is 1. The molecule has 1 amide bonds. The maximum absolute atomic E-state index is 12.4. The SMILES string of the molecule is CNc1cccc(C(=O)Nc2cccc3c2CCCC3)n1. The third-order valence-corrected chi connectivity index (χ3v) is 3.88. The van der Waals surface area contributed by atoms with Gasteiger partial charge < -0.3 is 10.6 Å². The zero-order chi connectivity index (χ0) is 14.7. The Bertz CT molecular complexity index is 667. The average molecular weight is 281 g/mol. The van der Waals surface area contributed by atoms with Crippen LogP contribution in [-0.4, -0.2) is 17.9 Å². The van der Waals surface area contributed by atoms with Crippen LogP contribution < -0.4 is 10.6 Å². The number of hydrogen-bond donors (Lipinski definition) is 2. The summed E-state index contributed by atoms with van der Waals surface area (Å²) in [5.74, 6) is 0.531. The van der Waals surface area contributed by atoms with Gasteiger partial charge in [0, 0.05) is 12.7 Å². The van der Waals surface area contributed by atoms with Gasteiger partial charge in [0.1, 0.15) is 11.5 Å². The van der Waals surface area contributed by atoms with E-state index in [0.29, 0.717) is 11.5 Å². The number of carbonyl (C=O) groups is 1. The summed E-state index contributed by atoms with van der Waals surface area (Å²) in [6, 6.07) is 11.5. The van der Waals surface area contributed by atoms with Gasteiger partial charge in [0.15, 0.2) is 0 Å². The highest BCUT2D eigenvalue weighted by Crippen LogP contribution is 2.28. The van der Waals surface area contributed by atoms with Crippen molar-refractivity contribution in [2.24, 2.45) is 0 Å². The highest BCUT2D eigenvalue weighted by atomic mass is 16.1. The molecule has 1 aromatic heterocycles. The number of nitrogens with one attached hydrogen (secondary N) is 2. The molecule has 21 heavy (non-hydrogen) atoms. The second-order valence-corrected chi connectivity index (χ2v) is 5.26. The van der Waals surface area contributed by atoms with Crippen LogP contribution in [0.3, 0.4) is 0 Å². The van der Waals surface area contributed by atoms with E-state index in [1.807, 2.05) is 24.3 Å². The Balaban J connectivity index is 1.84. The van der Waals surface area contributed by atoms with Gasteiger partial charge >= 0.3 is 0 Å². The quantitative estimate of drug-likeness (QED) is 0.908. The molecule has 0 bridgehead atoms. The normalized spacial score (nSPS) is 13.4. The van der Waals surface area contributed by atoms with Crippen molar-refractivity contribution in [1.29, 1.82) is 0 Å². The molecule has 1 aliphatic rings. The third kappa shape index (κ3) is 2.89. The third-order valence-electron chi connectivity index (χ3n) is 3.88. The van der Waals surface area contributed by atoms with Gasteiger partial charge in [0.25, 0.3) is 5.91 Å². The molecule has 108 valence electrons. The van der Waals surface area contributed by atoms with Crippen molar-refractivity contribution in [2.75, 3.05) is 17.7 Å². The minimum atomic E-state index is -0.161. The van der Waals surface area contributed by atoms with Gasteiger partial charge in [-0.2, -0.15) is 0 Å². The molecule has 0 aliphatic heterocycles. The Morgan fingerprint density at radius 2 is 1.90 bits per heavy atom. The lowest BCUT2D eigenvalue weighted by molar-refractivity contribution is 0.102. The number of aromatic nitrogens is 1. The lowest BCUT2D eigenvalue weighted by atomic mass is 9.90. The van der Waals surface area contributed by atoms with E-state index in [2.05, 4.69) is 21.7 Å². The lowest BCUT2D eigenvalue weighted by Gasteiger charge is -2.19. The summed E-state index contributed by atoms with van der Waals surface area (Å²) in [4.78, 5) is 16.6. The summed E-state index contributed by atoms with van der Waals surface area (Å²) in [7, 11) is 1.79. The molecule has 1 aliphatic carbocycles. The zero-order valence-electron chi connectivity index (χ0n) is 12.1. The topological polar surface area (TPSA) is 54.0 Å². The highest BCUT2D eigenvalue weighted by molar-refractivity contribution is 6.03. The minimum Gasteiger partial charge on any atom is -0.373 e. The van der Waals surface area contributed by atoms with E-state index >= 15 is 0 Å².